The average Bonchev–Trinajstić information content (AvgIpc) is 2.62. The van der Waals surface area contributed by atoms with E-state index in [9.17, 15) is 8.42 Å². The van der Waals surface area contributed by atoms with Crippen LogP contribution in [0.3, 0.4) is 0 Å². The quantitative estimate of drug-likeness (QED) is 0.103. The second-order valence-corrected chi connectivity index (χ2v) is 8.96. The van der Waals surface area contributed by atoms with Gasteiger partial charge >= 0.3 is 59.1 Å². The van der Waals surface area contributed by atoms with Crippen molar-refractivity contribution in [1.29, 1.82) is 0 Å². The van der Waals surface area contributed by atoms with Crippen LogP contribution in [0.1, 0.15) is 77.6 Å². The number of hydrogen-bond acceptors (Lipinski definition) is 7. The van der Waals surface area contributed by atoms with E-state index in [0.29, 0.717) is 0 Å². The van der Waals surface area contributed by atoms with Crippen molar-refractivity contribution in [2.75, 3.05) is 6.61 Å². The summed E-state index contributed by atoms with van der Waals surface area (Å²) in [6.07, 6.45) is 13.7. The molecule has 164 valence electrons. The molecule has 0 aliphatic rings. The largest absolute Gasteiger partial charge is 1.00 e. The second-order valence-electron chi connectivity index (χ2n) is 6.53. The zero-order valence-corrected chi connectivity index (χ0v) is 24.2. The van der Waals surface area contributed by atoms with Gasteiger partial charge in [0, 0.05) is 10.4 Å². The van der Waals surface area contributed by atoms with Gasteiger partial charge in [-0.3, -0.25) is 12.6 Å². The fourth-order valence-corrected chi connectivity index (χ4v) is 3.55. The van der Waals surface area contributed by atoms with E-state index < -0.39 is 20.5 Å². The van der Waals surface area contributed by atoms with E-state index in [1.54, 1.807) is 30.3 Å². The van der Waals surface area contributed by atoms with Crippen LogP contribution in [0, 0.1) is 0 Å². The minimum atomic E-state index is -5.17. The molecule has 0 saturated heterocycles. The predicted molar refractivity (Wildman–Crippen MR) is 107 cm³/mol. The van der Waals surface area contributed by atoms with Crippen molar-refractivity contribution in [2.45, 2.75) is 82.4 Å². The summed E-state index contributed by atoms with van der Waals surface area (Å²) in [5.41, 5.74) is 0. The van der Waals surface area contributed by atoms with Crippen molar-refractivity contribution >= 4 is 20.5 Å². The maximum Gasteiger partial charge on any atom is 1.00 e. The van der Waals surface area contributed by atoms with Gasteiger partial charge in [-0.25, -0.2) is 0 Å². The summed E-state index contributed by atoms with van der Waals surface area (Å²) in [7, 11) is -8.74. The topological polar surface area (TPSA) is 124 Å². The molecule has 0 aliphatic carbocycles. The Morgan fingerprint density at radius 2 is 1.07 bits per heavy atom. The van der Waals surface area contributed by atoms with Gasteiger partial charge in [-0.05, 0) is 18.6 Å². The first-order valence-corrected chi connectivity index (χ1v) is 12.5. The first-order valence-electron chi connectivity index (χ1n) is 9.78. The van der Waals surface area contributed by atoms with Gasteiger partial charge < -0.3 is 9.11 Å². The van der Waals surface area contributed by atoms with Crippen molar-refractivity contribution in [3.05, 3.63) is 30.3 Å². The normalized spacial score (nSPS) is 10.9. The number of benzene rings is 1. The maximum absolute atomic E-state index is 11.9. The van der Waals surface area contributed by atoms with Crippen LogP contribution in [-0.4, -0.2) is 32.5 Å². The standard InChI is InChI=1S/C19H32O3S.2Na.H2O4S/c1-2-3-4-5-6-7-8-9-10-11-15-18-22-23(20,21)19-16-13-12-14-17-19;;;1-5(2,3)4/h12-14,16-17H,2-11,15,18H2,1H3;;;(H2,1,2,3,4)/q;2*+1;/p-2. The molecule has 11 heteroatoms. The Morgan fingerprint density at radius 3 is 1.47 bits per heavy atom. The van der Waals surface area contributed by atoms with Gasteiger partial charge in [-0.1, -0.05) is 89.3 Å². The molecule has 7 nitrogen and oxygen atoms in total. The van der Waals surface area contributed by atoms with Crippen LogP contribution in [0.4, 0.5) is 0 Å². The van der Waals surface area contributed by atoms with Gasteiger partial charge in [-0.2, -0.15) is 8.42 Å². The SMILES string of the molecule is CCCCCCCCCCCCCOS(=O)(=O)c1ccccc1.O=S(=O)([O-])[O-].[Na+].[Na+]. The maximum atomic E-state index is 11.9. The van der Waals surface area contributed by atoms with Crippen LogP contribution in [0.5, 0.6) is 0 Å². The molecule has 1 aromatic rings. The molecule has 0 atom stereocenters. The Morgan fingerprint density at radius 1 is 0.700 bits per heavy atom. The second kappa shape index (κ2) is 21.8. The zero-order valence-electron chi connectivity index (χ0n) is 18.5. The monoisotopic (exact) mass is 482 g/mol. The van der Waals surface area contributed by atoms with Gasteiger partial charge in [0.1, 0.15) is 0 Å². The smallest absolute Gasteiger partial charge is 0.759 e. The molecular formula is C19H32Na2O7S2. The molecule has 0 spiro atoms. The summed E-state index contributed by atoms with van der Waals surface area (Å²) in [6, 6.07) is 8.34. The van der Waals surface area contributed by atoms with E-state index >= 15 is 0 Å². The molecule has 0 aliphatic heterocycles. The van der Waals surface area contributed by atoms with Crippen molar-refractivity contribution in [3.8, 4) is 0 Å². The van der Waals surface area contributed by atoms with Crippen LogP contribution in [0.25, 0.3) is 0 Å². The number of hydrogen-bond donors (Lipinski definition) is 0. The predicted octanol–water partition coefficient (Wildman–Crippen LogP) is -1.63. The molecule has 0 radical (unpaired) electrons. The van der Waals surface area contributed by atoms with E-state index in [1.165, 1.54) is 57.8 Å². The molecule has 0 saturated carbocycles. The first-order chi connectivity index (χ1) is 13.2. The molecule has 0 fully saturated rings. The van der Waals surface area contributed by atoms with Gasteiger partial charge in [0.15, 0.2) is 0 Å². The fraction of sp³-hybridized carbons (Fsp3) is 0.684. The molecule has 0 unspecified atom stereocenters. The Kier molecular flexibility index (Phi) is 25.9. The molecule has 0 N–H and O–H groups in total. The summed E-state index contributed by atoms with van der Waals surface area (Å²) in [4.78, 5) is 0.239. The number of rotatable bonds is 14. The van der Waals surface area contributed by atoms with Crippen LogP contribution in [0.15, 0.2) is 35.2 Å². The third-order valence-corrected chi connectivity index (χ3v) is 5.34. The van der Waals surface area contributed by atoms with E-state index in [-0.39, 0.29) is 70.6 Å². The van der Waals surface area contributed by atoms with E-state index in [0.717, 1.165) is 12.8 Å². The average molecular weight is 483 g/mol. The first kappa shape index (κ1) is 35.6. The minimum Gasteiger partial charge on any atom is -0.759 e. The van der Waals surface area contributed by atoms with Gasteiger partial charge in [-0.15, -0.1) is 0 Å². The molecule has 0 bridgehead atoms. The molecule has 30 heavy (non-hydrogen) atoms. The Balaban J connectivity index is -0.000000930. The van der Waals surface area contributed by atoms with Gasteiger partial charge in [0.2, 0.25) is 0 Å². The molecule has 0 amide bonds. The minimum absolute atomic E-state index is 0. The Hall–Kier alpha value is 1.000. The van der Waals surface area contributed by atoms with Crippen molar-refractivity contribution in [3.63, 3.8) is 0 Å². The van der Waals surface area contributed by atoms with E-state index in [1.807, 2.05) is 0 Å². The van der Waals surface area contributed by atoms with Crippen LogP contribution in [-0.2, 0) is 24.7 Å². The van der Waals surface area contributed by atoms with Crippen molar-refractivity contribution in [1.82, 2.24) is 0 Å². The summed E-state index contributed by atoms with van der Waals surface area (Å²) in [5.74, 6) is 0. The Labute approximate surface area is 227 Å². The van der Waals surface area contributed by atoms with Crippen LogP contribution in [0.2, 0.25) is 0 Å². The summed E-state index contributed by atoms with van der Waals surface area (Å²) in [5, 5.41) is 0. The van der Waals surface area contributed by atoms with Gasteiger partial charge in [0.25, 0.3) is 10.1 Å². The molecule has 1 rings (SSSR count). The third-order valence-electron chi connectivity index (χ3n) is 4.02. The summed E-state index contributed by atoms with van der Waals surface area (Å²) < 4.78 is 62.9. The van der Waals surface area contributed by atoms with Gasteiger partial charge in [0.05, 0.1) is 11.5 Å². The molecule has 1 aromatic carbocycles. The molecular weight excluding hydrogens is 450 g/mol. The van der Waals surface area contributed by atoms with Crippen LogP contribution < -0.4 is 59.1 Å². The summed E-state index contributed by atoms with van der Waals surface area (Å²) >= 11 is 0. The molecule has 0 aromatic heterocycles. The fourth-order valence-electron chi connectivity index (χ4n) is 2.59. The Bertz CT molecular complexity index is 689. The molecule has 0 heterocycles. The van der Waals surface area contributed by atoms with E-state index in [2.05, 4.69) is 6.92 Å². The third kappa shape index (κ3) is 25.3. The van der Waals surface area contributed by atoms with Crippen molar-refractivity contribution in [2.24, 2.45) is 0 Å². The van der Waals surface area contributed by atoms with Crippen molar-refractivity contribution < 1.29 is 89.2 Å². The van der Waals surface area contributed by atoms with E-state index in [4.69, 9.17) is 21.7 Å². The summed E-state index contributed by atoms with van der Waals surface area (Å²) in [6.45, 7) is 2.53. The number of unbranched alkanes of at least 4 members (excludes halogenated alkanes) is 10. The van der Waals surface area contributed by atoms with Crippen LogP contribution >= 0.6 is 0 Å². The zero-order chi connectivity index (χ0) is 21.3.